The van der Waals surface area contributed by atoms with Gasteiger partial charge in [-0.2, -0.15) is 0 Å². The SMILES string of the molecule is c1ccc(-c2nccc3c2CCC3)nc1. The molecule has 2 heteroatoms. The predicted molar refractivity (Wildman–Crippen MR) is 59.5 cm³/mol. The van der Waals surface area contributed by atoms with Crippen molar-refractivity contribution in [2.45, 2.75) is 19.3 Å². The fourth-order valence-electron chi connectivity index (χ4n) is 2.22. The molecule has 2 aromatic rings. The lowest BCUT2D eigenvalue weighted by atomic mass is 10.1. The largest absolute Gasteiger partial charge is 0.255 e. The van der Waals surface area contributed by atoms with Crippen molar-refractivity contribution in [1.82, 2.24) is 9.97 Å². The Morgan fingerprint density at radius 2 is 1.93 bits per heavy atom. The molecule has 0 spiro atoms. The summed E-state index contributed by atoms with van der Waals surface area (Å²) in [5.74, 6) is 0. The first kappa shape index (κ1) is 8.60. The van der Waals surface area contributed by atoms with Crippen LogP contribution in [0.4, 0.5) is 0 Å². The van der Waals surface area contributed by atoms with Gasteiger partial charge in [-0.15, -0.1) is 0 Å². The van der Waals surface area contributed by atoms with Crippen LogP contribution in [0.25, 0.3) is 11.4 Å². The van der Waals surface area contributed by atoms with Gasteiger partial charge in [0, 0.05) is 12.4 Å². The van der Waals surface area contributed by atoms with Crippen LogP contribution in [0.3, 0.4) is 0 Å². The summed E-state index contributed by atoms with van der Waals surface area (Å²) in [5, 5.41) is 0. The van der Waals surface area contributed by atoms with Gasteiger partial charge in [-0.05, 0) is 48.6 Å². The molecule has 0 saturated heterocycles. The smallest absolute Gasteiger partial charge is 0.0920 e. The van der Waals surface area contributed by atoms with E-state index < -0.39 is 0 Å². The van der Waals surface area contributed by atoms with Crippen LogP contribution in [0.5, 0.6) is 0 Å². The molecule has 0 N–H and O–H groups in total. The van der Waals surface area contributed by atoms with Crippen LogP contribution in [-0.2, 0) is 12.8 Å². The zero-order valence-corrected chi connectivity index (χ0v) is 8.48. The van der Waals surface area contributed by atoms with Crippen molar-refractivity contribution in [3.63, 3.8) is 0 Å². The highest BCUT2D eigenvalue weighted by atomic mass is 14.8. The molecule has 2 aromatic heterocycles. The third-order valence-corrected chi connectivity index (χ3v) is 2.93. The summed E-state index contributed by atoms with van der Waals surface area (Å²) in [6.45, 7) is 0. The van der Waals surface area contributed by atoms with E-state index in [1.54, 1.807) is 0 Å². The Bertz CT molecular complexity index is 477. The van der Waals surface area contributed by atoms with Gasteiger partial charge in [-0.1, -0.05) is 6.07 Å². The van der Waals surface area contributed by atoms with Gasteiger partial charge < -0.3 is 0 Å². The highest BCUT2D eigenvalue weighted by Crippen LogP contribution is 2.29. The zero-order valence-electron chi connectivity index (χ0n) is 8.48. The maximum absolute atomic E-state index is 4.46. The molecule has 0 bridgehead atoms. The van der Waals surface area contributed by atoms with Crippen LogP contribution in [0.2, 0.25) is 0 Å². The second-order valence-electron chi connectivity index (χ2n) is 3.87. The fourth-order valence-corrected chi connectivity index (χ4v) is 2.22. The third kappa shape index (κ3) is 1.42. The first-order valence-corrected chi connectivity index (χ1v) is 5.33. The van der Waals surface area contributed by atoms with Crippen LogP contribution < -0.4 is 0 Å². The predicted octanol–water partition coefficient (Wildman–Crippen LogP) is 2.63. The second-order valence-corrected chi connectivity index (χ2v) is 3.87. The zero-order chi connectivity index (χ0) is 10.1. The first-order chi connectivity index (χ1) is 7.45. The van der Waals surface area contributed by atoms with Crippen molar-refractivity contribution >= 4 is 0 Å². The average molecular weight is 196 g/mol. The number of fused-ring (bicyclic) bond motifs is 1. The minimum atomic E-state index is 0.997. The number of pyridine rings is 2. The number of hydrogen-bond acceptors (Lipinski definition) is 2. The maximum atomic E-state index is 4.46. The molecule has 15 heavy (non-hydrogen) atoms. The lowest BCUT2D eigenvalue weighted by Gasteiger charge is -2.05. The molecule has 0 unspecified atom stereocenters. The lowest BCUT2D eigenvalue weighted by molar-refractivity contribution is 0.911. The summed E-state index contributed by atoms with van der Waals surface area (Å²) in [6, 6.07) is 8.11. The molecule has 2 nitrogen and oxygen atoms in total. The van der Waals surface area contributed by atoms with Crippen LogP contribution in [0.15, 0.2) is 36.7 Å². The van der Waals surface area contributed by atoms with Gasteiger partial charge in [0.05, 0.1) is 11.4 Å². The minimum absolute atomic E-state index is 0.997. The van der Waals surface area contributed by atoms with Gasteiger partial charge in [-0.3, -0.25) is 9.97 Å². The maximum Gasteiger partial charge on any atom is 0.0920 e. The Labute approximate surface area is 89.0 Å². The van der Waals surface area contributed by atoms with Crippen molar-refractivity contribution in [2.24, 2.45) is 0 Å². The summed E-state index contributed by atoms with van der Waals surface area (Å²) < 4.78 is 0. The Kier molecular flexibility index (Phi) is 1.98. The molecule has 2 heterocycles. The van der Waals surface area contributed by atoms with Gasteiger partial charge >= 0.3 is 0 Å². The molecular weight excluding hydrogens is 184 g/mol. The molecule has 74 valence electrons. The van der Waals surface area contributed by atoms with Crippen molar-refractivity contribution in [3.8, 4) is 11.4 Å². The van der Waals surface area contributed by atoms with E-state index in [9.17, 15) is 0 Å². The molecule has 0 fully saturated rings. The van der Waals surface area contributed by atoms with E-state index in [0.29, 0.717) is 0 Å². The monoisotopic (exact) mass is 196 g/mol. The normalized spacial score (nSPS) is 13.9. The lowest BCUT2D eigenvalue weighted by Crippen LogP contribution is -1.93. The highest BCUT2D eigenvalue weighted by molar-refractivity contribution is 5.61. The Morgan fingerprint density at radius 3 is 2.80 bits per heavy atom. The second kappa shape index (κ2) is 3.46. The highest BCUT2D eigenvalue weighted by Gasteiger charge is 2.16. The van der Waals surface area contributed by atoms with E-state index in [1.807, 2.05) is 30.6 Å². The summed E-state index contributed by atoms with van der Waals surface area (Å²) >= 11 is 0. The standard InChI is InChI=1S/C13H12N2/c1-2-8-14-12(6-1)13-11-5-3-4-10(11)7-9-15-13/h1-2,6-9H,3-5H2. The van der Waals surface area contributed by atoms with Gasteiger partial charge in [0.2, 0.25) is 0 Å². The number of hydrogen-bond donors (Lipinski definition) is 0. The Morgan fingerprint density at radius 1 is 0.933 bits per heavy atom. The molecular formula is C13H12N2. The van der Waals surface area contributed by atoms with Gasteiger partial charge in [0.1, 0.15) is 0 Å². The van der Waals surface area contributed by atoms with Crippen molar-refractivity contribution in [3.05, 3.63) is 47.8 Å². The molecule has 0 saturated carbocycles. The molecule has 0 amide bonds. The molecule has 0 radical (unpaired) electrons. The fraction of sp³-hybridized carbons (Fsp3) is 0.231. The molecule has 3 rings (SSSR count). The Balaban J connectivity index is 2.17. The van der Waals surface area contributed by atoms with E-state index in [2.05, 4.69) is 16.0 Å². The van der Waals surface area contributed by atoms with E-state index in [-0.39, 0.29) is 0 Å². The van der Waals surface area contributed by atoms with Crippen LogP contribution in [-0.4, -0.2) is 9.97 Å². The molecule has 0 aliphatic heterocycles. The van der Waals surface area contributed by atoms with Gasteiger partial charge in [0.25, 0.3) is 0 Å². The Hall–Kier alpha value is -1.70. The number of aromatic nitrogens is 2. The topological polar surface area (TPSA) is 25.8 Å². The molecule has 1 aliphatic carbocycles. The number of rotatable bonds is 1. The molecule has 0 aromatic carbocycles. The average Bonchev–Trinajstić information content (AvgIpc) is 2.78. The van der Waals surface area contributed by atoms with Crippen molar-refractivity contribution in [1.29, 1.82) is 0 Å². The van der Waals surface area contributed by atoms with E-state index in [4.69, 9.17) is 0 Å². The van der Waals surface area contributed by atoms with Crippen molar-refractivity contribution < 1.29 is 0 Å². The van der Waals surface area contributed by atoms with E-state index >= 15 is 0 Å². The minimum Gasteiger partial charge on any atom is -0.255 e. The summed E-state index contributed by atoms with van der Waals surface area (Å²) in [5.41, 5.74) is 4.92. The van der Waals surface area contributed by atoms with E-state index in [1.165, 1.54) is 24.0 Å². The third-order valence-electron chi connectivity index (χ3n) is 2.93. The van der Waals surface area contributed by atoms with Gasteiger partial charge in [0.15, 0.2) is 0 Å². The van der Waals surface area contributed by atoms with Crippen LogP contribution in [0.1, 0.15) is 17.5 Å². The molecule has 1 aliphatic rings. The first-order valence-electron chi connectivity index (χ1n) is 5.33. The summed E-state index contributed by atoms with van der Waals surface area (Å²) in [6.07, 6.45) is 7.31. The summed E-state index contributed by atoms with van der Waals surface area (Å²) in [4.78, 5) is 8.82. The quantitative estimate of drug-likeness (QED) is 0.700. The number of aryl methyl sites for hydroxylation is 1. The number of nitrogens with zero attached hydrogens (tertiary/aromatic N) is 2. The molecule has 0 atom stereocenters. The van der Waals surface area contributed by atoms with Crippen LogP contribution in [0, 0.1) is 0 Å². The van der Waals surface area contributed by atoms with Gasteiger partial charge in [-0.25, -0.2) is 0 Å². The van der Waals surface area contributed by atoms with E-state index in [0.717, 1.165) is 17.8 Å². The summed E-state index contributed by atoms with van der Waals surface area (Å²) in [7, 11) is 0. The van der Waals surface area contributed by atoms with Crippen molar-refractivity contribution in [2.75, 3.05) is 0 Å². The van der Waals surface area contributed by atoms with Crippen LogP contribution >= 0.6 is 0 Å².